The molecule has 6 nitrogen and oxygen atoms in total. The summed E-state index contributed by atoms with van der Waals surface area (Å²) in [5, 5.41) is 16.4. The molecule has 152 valence electrons. The van der Waals surface area contributed by atoms with Gasteiger partial charge in [-0.25, -0.2) is 14.4 Å². The van der Waals surface area contributed by atoms with Crippen LogP contribution in [0, 0.1) is 24.1 Å². The van der Waals surface area contributed by atoms with Crippen LogP contribution in [0.2, 0.25) is 0 Å². The standard InChI is InChI=1S/C22H20FN5OS/c1-13-27-20(22(30-13)15-5-7-16(23)8-6-15)21(29)19(17-3-2-10-25-17)28-18-9-4-14(11-24)12-26-18/h4-9,12,17,19,25H,2-3,10H2,1H3,(H,26,28)/t17?,19-/m0/s1. The van der Waals surface area contributed by atoms with Crippen molar-refractivity contribution < 1.29 is 9.18 Å². The second-order valence-corrected chi connectivity index (χ2v) is 8.35. The van der Waals surface area contributed by atoms with Crippen LogP contribution in [-0.4, -0.2) is 34.4 Å². The predicted octanol–water partition coefficient (Wildman–Crippen LogP) is 3.94. The number of nitriles is 1. The monoisotopic (exact) mass is 421 g/mol. The molecule has 0 spiro atoms. The van der Waals surface area contributed by atoms with Gasteiger partial charge in [-0.15, -0.1) is 11.3 Å². The van der Waals surface area contributed by atoms with Crippen LogP contribution in [-0.2, 0) is 0 Å². The first-order valence-electron chi connectivity index (χ1n) is 9.69. The Labute approximate surface area is 177 Å². The lowest BCUT2D eigenvalue weighted by atomic mass is 9.98. The highest BCUT2D eigenvalue weighted by Gasteiger charge is 2.34. The number of halogens is 1. The van der Waals surface area contributed by atoms with E-state index in [9.17, 15) is 9.18 Å². The summed E-state index contributed by atoms with van der Waals surface area (Å²) >= 11 is 1.42. The number of ketones is 1. The number of carbonyl (C=O) groups excluding carboxylic acids is 1. The molecule has 1 unspecified atom stereocenters. The molecule has 1 aromatic carbocycles. The maximum absolute atomic E-state index is 13.6. The molecule has 4 rings (SSSR count). The van der Waals surface area contributed by atoms with Gasteiger partial charge in [-0.1, -0.05) is 12.1 Å². The SMILES string of the molecule is Cc1nc(C(=O)[C@@H](Nc2ccc(C#N)cn2)C2CCCN2)c(-c2ccc(F)cc2)s1. The third kappa shape index (κ3) is 4.22. The third-order valence-corrected chi connectivity index (χ3v) is 6.07. The number of anilines is 1. The van der Waals surface area contributed by atoms with Crippen LogP contribution in [0.25, 0.3) is 10.4 Å². The summed E-state index contributed by atoms with van der Waals surface area (Å²) in [7, 11) is 0. The molecule has 0 aliphatic carbocycles. The van der Waals surface area contributed by atoms with Crippen molar-refractivity contribution in [3.05, 3.63) is 64.7 Å². The fraction of sp³-hybridized carbons (Fsp3) is 0.273. The van der Waals surface area contributed by atoms with E-state index in [1.165, 1.54) is 29.7 Å². The number of nitrogens with one attached hydrogen (secondary N) is 2. The average Bonchev–Trinajstić information content (AvgIpc) is 3.42. The van der Waals surface area contributed by atoms with Crippen LogP contribution in [0.1, 0.15) is 33.9 Å². The van der Waals surface area contributed by atoms with E-state index in [-0.39, 0.29) is 17.6 Å². The van der Waals surface area contributed by atoms with E-state index in [1.54, 1.807) is 24.3 Å². The highest BCUT2D eigenvalue weighted by atomic mass is 32.1. The van der Waals surface area contributed by atoms with Gasteiger partial charge in [0.25, 0.3) is 0 Å². The first kappa shape index (κ1) is 20.1. The Morgan fingerprint density at radius 3 is 2.77 bits per heavy atom. The third-order valence-electron chi connectivity index (χ3n) is 5.05. The molecular weight excluding hydrogens is 401 g/mol. The van der Waals surface area contributed by atoms with E-state index in [4.69, 9.17) is 5.26 Å². The summed E-state index contributed by atoms with van der Waals surface area (Å²) in [4.78, 5) is 23.1. The van der Waals surface area contributed by atoms with Crippen molar-refractivity contribution in [3.8, 4) is 16.5 Å². The number of aromatic nitrogens is 2. The molecule has 1 fully saturated rings. The molecule has 1 aliphatic rings. The summed E-state index contributed by atoms with van der Waals surface area (Å²) in [5.41, 5.74) is 1.60. The lowest BCUT2D eigenvalue weighted by molar-refractivity contribution is 0.0951. The van der Waals surface area contributed by atoms with Gasteiger partial charge in [-0.2, -0.15) is 5.26 Å². The van der Waals surface area contributed by atoms with E-state index in [0.29, 0.717) is 17.1 Å². The summed E-state index contributed by atoms with van der Waals surface area (Å²) in [5.74, 6) is 0.0648. The molecule has 8 heteroatoms. The number of benzene rings is 1. The molecule has 2 N–H and O–H groups in total. The van der Waals surface area contributed by atoms with E-state index < -0.39 is 6.04 Å². The maximum atomic E-state index is 13.6. The zero-order chi connectivity index (χ0) is 21.1. The topological polar surface area (TPSA) is 90.7 Å². The van der Waals surface area contributed by atoms with Gasteiger partial charge in [-0.3, -0.25) is 4.79 Å². The van der Waals surface area contributed by atoms with Crippen LogP contribution in [0.5, 0.6) is 0 Å². The molecule has 0 radical (unpaired) electrons. The van der Waals surface area contributed by atoms with E-state index in [0.717, 1.165) is 34.8 Å². The molecule has 2 atom stereocenters. The summed E-state index contributed by atoms with van der Waals surface area (Å²) in [6.07, 6.45) is 3.31. The number of aryl methyl sites for hydroxylation is 1. The van der Waals surface area contributed by atoms with E-state index in [1.807, 2.05) is 13.0 Å². The highest BCUT2D eigenvalue weighted by Crippen LogP contribution is 2.32. The molecule has 3 heterocycles. The van der Waals surface area contributed by atoms with Crippen molar-refractivity contribution in [1.29, 1.82) is 5.26 Å². The predicted molar refractivity (Wildman–Crippen MR) is 114 cm³/mol. The largest absolute Gasteiger partial charge is 0.358 e. The Kier molecular flexibility index (Phi) is 5.84. The Hall–Kier alpha value is -3.15. The molecule has 30 heavy (non-hydrogen) atoms. The molecule has 2 aromatic heterocycles. The number of carbonyl (C=O) groups is 1. The Morgan fingerprint density at radius 2 is 2.13 bits per heavy atom. The zero-order valence-corrected chi connectivity index (χ0v) is 17.2. The van der Waals surface area contributed by atoms with Crippen molar-refractivity contribution in [3.63, 3.8) is 0 Å². The fourth-order valence-corrected chi connectivity index (χ4v) is 4.52. The maximum Gasteiger partial charge on any atom is 0.206 e. The molecule has 0 saturated carbocycles. The summed E-state index contributed by atoms with van der Waals surface area (Å²) < 4.78 is 13.4. The minimum atomic E-state index is -0.561. The van der Waals surface area contributed by atoms with Crippen LogP contribution < -0.4 is 10.6 Å². The van der Waals surface area contributed by atoms with Gasteiger partial charge in [0, 0.05) is 12.2 Å². The average molecular weight is 422 g/mol. The summed E-state index contributed by atoms with van der Waals surface area (Å²) in [6.45, 7) is 2.70. The molecule has 0 amide bonds. The normalized spacial score (nSPS) is 16.8. The van der Waals surface area contributed by atoms with Crippen molar-refractivity contribution in [2.75, 3.05) is 11.9 Å². The Balaban J connectivity index is 1.68. The Morgan fingerprint density at radius 1 is 1.33 bits per heavy atom. The van der Waals surface area contributed by atoms with Crippen molar-refractivity contribution in [2.45, 2.75) is 31.8 Å². The first-order chi connectivity index (χ1) is 14.5. The zero-order valence-electron chi connectivity index (χ0n) is 16.4. The first-order valence-corrected chi connectivity index (χ1v) is 10.5. The van der Waals surface area contributed by atoms with Gasteiger partial charge in [0.05, 0.1) is 15.4 Å². The highest BCUT2D eigenvalue weighted by molar-refractivity contribution is 7.15. The van der Waals surface area contributed by atoms with Gasteiger partial charge < -0.3 is 10.6 Å². The van der Waals surface area contributed by atoms with Crippen LogP contribution >= 0.6 is 11.3 Å². The van der Waals surface area contributed by atoms with Crippen LogP contribution in [0.15, 0.2) is 42.6 Å². The smallest absolute Gasteiger partial charge is 0.206 e. The van der Waals surface area contributed by atoms with Gasteiger partial charge in [0.1, 0.15) is 29.4 Å². The molecule has 3 aromatic rings. The minimum absolute atomic E-state index is 0.0574. The number of rotatable bonds is 6. The number of nitrogens with zero attached hydrogens (tertiary/aromatic N) is 3. The van der Waals surface area contributed by atoms with Crippen molar-refractivity contribution >= 4 is 22.9 Å². The fourth-order valence-electron chi connectivity index (χ4n) is 3.59. The quantitative estimate of drug-likeness (QED) is 0.586. The molecule has 0 bridgehead atoms. The number of hydrogen-bond donors (Lipinski definition) is 2. The second-order valence-electron chi connectivity index (χ2n) is 7.15. The van der Waals surface area contributed by atoms with Gasteiger partial charge in [0.15, 0.2) is 0 Å². The lowest BCUT2D eigenvalue weighted by Gasteiger charge is -2.24. The number of thiazole rings is 1. The van der Waals surface area contributed by atoms with Gasteiger partial charge >= 0.3 is 0 Å². The van der Waals surface area contributed by atoms with Crippen LogP contribution in [0.4, 0.5) is 10.2 Å². The van der Waals surface area contributed by atoms with E-state index in [2.05, 4.69) is 20.6 Å². The van der Waals surface area contributed by atoms with Gasteiger partial charge in [-0.05, 0) is 56.1 Å². The number of pyridine rings is 1. The number of hydrogen-bond acceptors (Lipinski definition) is 7. The van der Waals surface area contributed by atoms with Crippen molar-refractivity contribution in [2.24, 2.45) is 0 Å². The molecular formula is C22H20FN5OS. The van der Waals surface area contributed by atoms with Crippen molar-refractivity contribution in [1.82, 2.24) is 15.3 Å². The number of Topliss-reactive ketones (excluding diaryl/α,β-unsaturated/α-hetero) is 1. The lowest BCUT2D eigenvalue weighted by Crippen LogP contribution is -2.46. The minimum Gasteiger partial charge on any atom is -0.358 e. The van der Waals surface area contributed by atoms with E-state index >= 15 is 0 Å². The summed E-state index contributed by atoms with van der Waals surface area (Å²) in [6, 6.07) is 10.9. The van der Waals surface area contributed by atoms with Crippen LogP contribution in [0.3, 0.4) is 0 Å². The van der Waals surface area contributed by atoms with Gasteiger partial charge in [0.2, 0.25) is 5.78 Å². The molecule has 1 aliphatic heterocycles. The Bertz CT molecular complexity index is 1080. The molecule has 1 saturated heterocycles. The second kappa shape index (κ2) is 8.69.